The van der Waals surface area contributed by atoms with Crippen molar-refractivity contribution in [2.75, 3.05) is 12.4 Å². The van der Waals surface area contributed by atoms with Crippen molar-refractivity contribution in [3.63, 3.8) is 0 Å². The second-order valence-corrected chi connectivity index (χ2v) is 6.51. The molecule has 6 nitrogen and oxygen atoms in total. The van der Waals surface area contributed by atoms with Gasteiger partial charge in [-0.25, -0.2) is 0 Å². The van der Waals surface area contributed by atoms with Gasteiger partial charge in [0.2, 0.25) is 0 Å². The summed E-state index contributed by atoms with van der Waals surface area (Å²) >= 11 is 0. The number of carboxylic acid groups (broad SMARTS) is 1. The van der Waals surface area contributed by atoms with Gasteiger partial charge in [-0.05, 0) is 47.9 Å². The lowest BCUT2D eigenvalue weighted by Crippen LogP contribution is -2.06. The molecule has 0 aliphatic heterocycles. The molecule has 0 fully saturated rings. The minimum Gasteiger partial charge on any atom is -0.481 e. The molecule has 2 N–H and O–H groups in total. The van der Waals surface area contributed by atoms with Crippen molar-refractivity contribution in [3.8, 4) is 0 Å². The number of hydrogen-bond acceptors (Lipinski definition) is 5. The molecule has 0 aliphatic rings. The summed E-state index contributed by atoms with van der Waals surface area (Å²) in [6.07, 6.45) is 4.16. The summed E-state index contributed by atoms with van der Waals surface area (Å²) in [6.45, 7) is 0.648. The van der Waals surface area contributed by atoms with Crippen LogP contribution in [0.15, 0.2) is 78.2 Å². The van der Waals surface area contributed by atoms with Crippen molar-refractivity contribution in [2.24, 2.45) is 5.16 Å². The van der Waals surface area contributed by atoms with Gasteiger partial charge in [0.25, 0.3) is 0 Å². The van der Waals surface area contributed by atoms with Crippen LogP contribution in [0, 0.1) is 0 Å². The number of benzene rings is 2. The van der Waals surface area contributed by atoms with Gasteiger partial charge in [0.05, 0.1) is 0 Å². The van der Waals surface area contributed by atoms with Crippen LogP contribution in [0.25, 0.3) is 0 Å². The van der Waals surface area contributed by atoms with E-state index in [0.29, 0.717) is 13.0 Å². The van der Waals surface area contributed by atoms with E-state index in [1.807, 2.05) is 54.6 Å². The normalized spacial score (nSPS) is 11.1. The van der Waals surface area contributed by atoms with E-state index < -0.39 is 5.97 Å². The largest absolute Gasteiger partial charge is 0.481 e. The Morgan fingerprint density at radius 1 is 1.07 bits per heavy atom. The SMILES string of the molecule is CO/N=C(/c1cccnc1)c1cccc(CNc2ccc(CCC(=O)O)cc2)c1. The number of pyridine rings is 1. The Morgan fingerprint density at radius 2 is 1.86 bits per heavy atom. The Morgan fingerprint density at radius 3 is 2.55 bits per heavy atom. The van der Waals surface area contributed by atoms with Crippen molar-refractivity contribution in [2.45, 2.75) is 19.4 Å². The molecule has 2 aromatic carbocycles. The van der Waals surface area contributed by atoms with Gasteiger partial charge in [-0.2, -0.15) is 0 Å². The van der Waals surface area contributed by atoms with Gasteiger partial charge >= 0.3 is 5.97 Å². The first-order valence-electron chi connectivity index (χ1n) is 9.31. The number of carboxylic acids is 1. The van der Waals surface area contributed by atoms with Crippen LogP contribution < -0.4 is 5.32 Å². The highest BCUT2D eigenvalue weighted by Gasteiger charge is 2.09. The summed E-state index contributed by atoms with van der Waals surface area (Å²) in [6, 6.07) is 19.7. The van der Waals surface area contributed by atoms with E-state index in [9.17, 15) is 4.79 Å². The number of nitrogens with zero attached hydrogens (tertiary/aromatic N) is 2. The van der Waals surface area contributed by atoms with E-state index in [0.717, 1.165) is 33.7 Å². The first-order chi connectivity index (χ1) is 14.2. The number of oxime groups is 1. The maximum Gasteiger partial charge on any atom is 0.303 e. The van der Waals surface area contributed by atoms with Gasteiger partial charge in [0.1, 0.15) is 12.8 Å². The summed E-state index contributed by atoms with van der Waals surface area (Å²) in [5.41, 5.74) is 5.65. The molecule has 1 heterocycles. The van der Waals surface area contributed by atoms with Crippen molar-refractivity contribution >= 4 is 17.4 Å². The summed E-state index contributed by atoms with van der Waals surface area (Å²) in [5.74, 6) is -0.783. The average Bonchev–Trinajstić information content (AvgIpc) is 2.76. The zero-order valence-electron chi connectivity index (χ0n) is 16.2. The van der Waals surface area contributed by atoms with Crippen LogP contribution >= 0.6 is 0 Å². The highest BCUT2D eigenvalue weighted by molar-refractivity contribution is 6.12. The predicted molar refractivity (Wildman–Crippen MR) is 113 cm³/mol. The van der Waals surface area contributed by atoms with Crippen LogP contribution in [-0.2, 0) is 22.6 Å². The lowest BCUT2D eigenvalue weighted by molar-refractivity contribution is -0.136. The molecule has 6 heteroatoms. The smallest absolute Gasteiger partial charge is 0.303 e. The van der Waals surface area contributed by atoms with Gasteiger partial charge in [0.15, 0.2) is 0 Å². The zero-order chi connectivity index (χ0) is 20.5. The highest BCUT2D eigenvalue weighted by atomic mass is 16.6. The quantitative estimate of drug-likeness (QED) is 0.425. The Labute approximate surface area is 169 Å². The van der Waals surface area contributed by atoms with E-state index >= 15 is 0 Å². The molecule has 3 aromatic rings. The van der Waals surface area contributed by atoms with E-state index in [4.69, 9.17) is 9.94 Å². The van der Waals surface area contributed by atoms with Crippen LogP contribution in [-0.4, -0.2) is 28.9 Å². The standard InChI is InChI=1S/C23H23N3O3/c1-29-26-23(20-6-3-13-24-16-20)19-5-2-4-18(14-19)15-25-21-10-7-17(8-11-21)9-12-22(27)28/h2-8,10-11,13-14,16,25H,9,12,15H2,1H3,(H,27,28)/b26-23+. The van der Waals surface area contributed by atoms with Crippen LogP contribution in [0.1, 0.15) is 28.7 Å². The van der Waals surface area contributed by atoms with Gasteiger partial charge in [-0.15, -0.1) is 0 Å². The van der Waals surface area contributed by atoms with Gasteiger partial charge in [-0.1, -0.05) is 35.5 Å². The van der Waals surface area contributed by atoms with Crippen LogP contribution in [0.5, 0.6) is 0 Å². The number of anilines is 1. The lowest BCUT2D eigenvalue weighted by atomic mass is 10.0. The van der Waals surface area contributed by atoms with E-state index in [-0.39, 0.29) is 6.42 Å². The summed E-state index contributed by atoms with van der Waals surface area (Å²) in [7, 11) is 1.53. The third-order valence-electron chi connectivity index (χ3n) is 4.40. The third kappa shape index (κ3) is 5.90. The molecular formula is C23H23N3O3. The van der Waals surface area contributed by atoms with Crippen molar-refractivity contribution in [3.05, 3.63) is 95.3 Å². The minimum absolute atomic E-state index is 0.141. The number of aryl methyl sites for hydroxylation is 1. The second kappa shape index (κ2) is 10.0. The van der Waals surface area contributed by atoms with Crippen molar-refractivity contribution in [1.29, 1.82) is 0 Å². The first-order valence-corrected chi connectivity index (χ1v) is 9.31. The van der Waals surface area contributed by atoms with Gasteiger partial charge in [-0.3, -0.25) is 9.78 Å². The topological polar surface area (TPSA) is 83.8 Å². The van der Waals surface area contributed by atoms with Gasteiger partial charge in [0, 0.05) is 42.2 Å². The second-order valence-electron chi connectivity index (χ2n) is 6.51. The summed E-state index contributed by atoms with van der Waals surface area (Å²) < 4.78 is 0. The fourth-order valence-electron chi connectivity index (χ4n) is 2.94. The fraction of sp³-hybridized carbons (Fsp3) is 0.174. The Bertz CT molecular complexity index is 970. The monoisotopic (exact) mass is 389 g/mol. The van der Waals surface area contributed by atoms with Crippen LogP contribution in [0.3, 0.4) is 0 Å². The van der Waals surface area contributed by atoms with E-state index in [1.165, 1.54) is 7.11 Å². The molecule has 0 aliphatic carbocycles. The molecule has 0 atom stereocenters. The molecule has 0 spiro atoms. The molecular weight excluding hydrogens is 366 g/mol. The maximum atomic E-state index is 10.7. The van der Waals surface area contributed by atoms with Crippen molar-refractivity contribution < 1.29 is 14.7 Å². The zero-order valence-corrected chi connectivity index (χ0v) is 16.2. The molecule has 0 bridgehead atoms. The number of carbonyl (C=O) groups is 1. The molecule has 148 valence electrons. The number of aliphatic carboxylic acids is 1. The van der Waals surface area contributed by atoms with Crippen LogP contribution in [0.2, 0.25) is 0 Å². The molecule has 29 heavy (non-hydrogen) atoms. The number of rotatable bonds is 9. The van der Waals surface area contributed by atoms with Gasteiger partial charge < -0.3 is 15.3 Å². The lowest BCUT2D eigenvalue weighted by Gasteiger charge is -2.10. The van der Waals surface area contributed by atoms with E-state index in [1.54, 1.807) is 12.4 Å². The molecule has 0 unspecified atom stereocenters. The molecule has 0 amide bonds. The maximum absolute atomic E-state index is 10.7. The number of nitrogens with one attached hydrogen (secondary N) is 1. The molecule has 1 aromatic heterocycles. The minimum atomic E-state index is -0.783. The molecule has 0 radical (unpaired) electrons. The number of aromatic nitrogens is 1. The predicted octanol–water partition coefficient (Wildman–Crippen LogP) is 4.11. The fourth-order valence-corrected chi connectivity index (χ4v) is 2.94. The highest BCUT2D eigenvalue weighted by Crippen LogP contribution is 2.16. The molecule has 0 saturated carbocycles. The first kappa shape index (κ1) is 20.1. The Hall–Kier alpha value is -3.67. The number of hydrogen-bond donors (Lipinski definition) is 2. The summed E-state index contributed by atoms with van der Waals surface area (Å²) in [5, 5.41) is 16.3. The summed E-state index contributed by atoms with van der Waals surface area (Å²) in [4.78, 5) is 19.9. The van der Waals surface area contributed by atoms with Crippen LogP contribution in [0.4, 0.5) is 5.69 Å². The van der Waals surface area contributed by atoms with Crippen molar-refractivity contribution in [1.82, 2.24) is 4.98 Å². The Balaban J connectivity index is 1.68. The average molecular weight is 389 g/mol. The molecule has 3 rings (SSSR count). The molecule has 0 saturated heterocycles. The third-order valence-corrected chi connectivity index (χ3v) is 4.40. The van der Waals surface area contributed by atoms with E-state index in [2.05, 4.69) is 21.5 Å². The Kier molecular flexibility index (Phi) is 6.95.